The maximum atomic E-state index is 12.6. The third-order valence-corrected chi connectivity index (χ3v) is 4.26. The highest BCUT2D eigenvalue weighted by atomic mass is 16.2. The second kappa shape index (κ2) is 8.27. The fourth-order valence-corrected chi connectivity index (χ4v) is 2.75. The van der Waals surface area contributed by atoms with Gasteiger partial charge in [-0.25, -0.2) is 0 Å². The molecule has 0 fully saturated rings. The molecule has 2 N–H and O–H groups in total. The van der Waals surface area contributed by atoms with E-state index >= 15 is 0 Å². The Morgan fingerprint density at radius 3 is 2.26 bits per heavy atom. The highest BCUT2D eigenvalue weighted by molar-refractivity contribution is 6.05. The van der Waals surface area contributed by atoms with E-state index in [0.717, 1.165) is 16.8 Å². The molecule has 0 aliphatic heterocycles. The SMILES string of the molecule is CNC(=O)Cc1ccc(NC(=O)c2ccc(-c3ccccc3)nc2C)cc1. The van der Waals surface area contributed by atoms with Gasteiger partial charge in [-0.2, -0.15) is 0 Å². The molecule has 0 bridgehead atoms. The summed E-state index contributed by atoms with van der Waals surface area (Å²) in [6.07, 6.45) is 0.314. The molecule has 1 aromatic heterocycles. The third-order valence-electron chi connectivity index (χ3n) is 4.26. The number of aryl methyl sites for hydroxylation is 1. The summed E-state index contributed by atoms with van der Waals surface area (Å²) >= 11 is 0. The van der Waals surface area contributed by atoms with Gasteiger partial charge in [-0.1, -0.05) is 42.5 Å². The van der Waals surface area contributed by atoms with Gasteiger partial charge in [0.15, 0.2) is 0 Å². The summed E-state index contributed by atoms with van der Waals surface area (Å²) in [4.78, 5) is 28.5. The number of hydrogen-bond acceptors (Lipinski definition) is 3. The molecule has 0 aliphatic carbocycles. The molecule has 0 atom stereocenters. The summed E-state index contributed by atoms with van der Waals surface area (Å²) in [5, 5.41) is 5.46. The first kappa shape index (κ1) is 18.3. The van der Waals surface area contributed by atoms with E-state index in [0.29, 0.717) is 23.4 Å². The summed E-state index contributed by atoms with van der Waals surface area (Å²) < 4.78 is 0. The number of likely N-dealkylation sites (N-methyl/N-ethyl adjacent to an activating group) is 1. The van der Waals surface area contributed by atoms with Gasteiger partial charge >= 0.3 is 0 Å². The number of hydrogen-bond donors (Lipinski definition) is 2. The molecule has 3 aromatic rings. The third kappa shape index (κ3) is 4.58. The Hall–Kier alpha value is -3.47. The number of nitrogens with zero attached hydrogens (tertiary/aromatic N) is 1. The summed E-state index contributed by atoms with van der Waals surface area (Å²) in [7, 11) is 1.61. The van der Waals surface area contributed by atoms with Crippen molar-refractivity contribution < 1.29 is 9.59 Å². The van der Waals surface area contributed by atoms with E-state index in [1.54, 1.807) is 25.2 Å². The van der Waals surface area contributed by atoms with Gasteiger partial charge in [0.05, 0.1) is 23.4 Å². The Bertz CT molecular complexity index is 951. The van der Waals surface area contributed by atoms with Crippen LogP contribution in [0.4, 0.5) is 5.69 Å². The number of rotatable bonds is 5. The van der Waals surface area contributed by atoms with Crippen molar-refractivity contribution in [3.8, 4) is 11.3 Å². The molecule has 3 rings (SSSR count). The van der Waals surface area contributed by atoms with Gasteiger partial charge in [0.25, 0.3) is 5.91 Å². The zero-order valence-corrected chi connectivity index (χ0v) is 15.3. The molecule has 2 aromatic carbocycles. The van der Waals surface area contributed by atoms with Gasteiger partial charge < -0.3 is 10.6 Å². The predicted molar refractivity (Wildman–Crippen MR) is 107 cm³/mol. The van der Waals surface area contributed by atoms with E-state index in [2.05, 4.69) is 15.6 Å². The van der Waals surface area contributed by atoms with E-state index in [1.807, 2.05) is 55.5 Å². The van der Waals surface area contributed by atoms with Crippen LogP contribution in [-0.4, -0.2) is 23.8 Å². The normalized spacial score (nSPS) is 10.3. The molecule has 5 nitrogen and oxygen atoms in total. The van der Waals surface area contributed by atoms with Gasteiger partial charge in [0, 0.05) is 18.3 Å². The van der Waals surface area contributed by atoms with Crippen LogP contribution in [0.2, 0.25) is 0 Å². The number of aromatic nitrogens is 1. The van der Waals surface area contributed by atoms with Crippen molar-refractivity contribution in [1.29, 1.82) is 0 Å². The Labute approximate surface area is 158 Å². The molecule has 27 heavy (non-hydrogen) atoms. The van der Waals surface area contributed by atoms with Gasteiger partial charge in [-0.05, 0) is 36.8 Å². The smallest absolute Gasteiger partial charge is 0.257 e. The Morgan fingerprint density at radius 1 is 0.926 bits per heavy atom. The number of anilines is 1. The largest absolute Gasteiger partial charge is 0.359 e. The topological polar surface area (TPSA) is 71.1 Å². The quantitative estimate of drug-likeness (QED) is 0.731. The standard InChI is InChI=1S/C22H21N3O2/c1-15-19(12-13-20(24-15)17-6-4-3-5-7-17)22(27)25-18-10-8-16(9-11-18)14-21(26)23-2/h3-13H,14H2,1-2H3,(H,23,26)(H,25,27). The molecular weight excluding hydrogens is 338 g/mol. The molecule has 0 unspecified atom stereocenters. The van der Waals surface area contributed by atoms with Gasteiger partial charge in [-0.15, -0.1) is 0 Å². The number of carbonyl (C=O) groups excluding carboxylic acids is 2. The Balaban J connectivity index is 1.72. The fraction of sp³-hybridized carbons (Fsp3) is 0.136. The zero-order valence-electron chi connectivity index (χ0n) is 15.3. The average molecular weight is 359 g/mol. The summed E-state index contributed by atoms with van der Waals surface area (Å²) in [5.74, 6) is -0.259. The molecular formula is C22H21N3O2. The molecule has 2 amide bonds. The maximum absolute atomic E-state index is 12.6. The molecule has 0 radical (unpaired) electrons. The first-order valence-electron chi connectivity index (χ1n) is 8.71. The minimum absolute atomic E-state index is 0.0491. The number of nitrogens with one attached hydrogen (secondary N) is 2. The van der Waals surface area contributed by atoms with E-state index in [4.69, 9.17) is 0 Å². The number of benzene rings is 2. The monoisotopic (exact) mass is 359 g/mol. The molecule has 0 saturated heterocycles. The number of pyridine rings is 1. The maximum Gasteiger partial charge on any atom is 0.257 e. The highest BCUT2D eigenvalue weighted by Crippen LogP contribution is 2.19. The molecule has 1 heterocycles. The second-order valence-corrected chi connectivity index (χ2v) is 6.20. The Kier molecular flexibility index (Phi) is 5.61. The second-order valence-electron chi connectivity index (χ2n) is 6.20. The van der Waals surface area contributed by atoms with Crippen LogP contribution in [0, 0.1) is 6.92 Å². The zero-order chi connectivity index (χ0) is 19.2. The molecule has 0 aliphatic rings. The van der Waals surface area contributed by atoms with Crippen LogP contribution in [0.15, 0.2) is 66.7 Å². The molecule has 5 heteroatoms. The van der Waals surface area contributed by atoms with Crippen LogP contribution in [0.25, 0.3) is 11.3 Å². The molecule has 136 valence electrons. The first-order valence-corrected chi connectivity index (χ1v) is 8.71. The van der Waals surface area contributed by atoms with Gasteiger partial charge in [-0.3, -0.25) is 14.6 Å². The van der Waals surface area contributed by atoms with Crippen LogP contribution in [-0.2, 0) is 11.2 Å². The van der Waals surface area contributed by atoms with Gasteiger partial charge in [0.1, 0.15) is 0 Å². The highest BCUT2D eigenvalue weighted by Gasteiger charge is 2.12. The van der Waals surface area contributed by atoms with Gasteiger partial charge in [0.2, 0.25) is 5.91 Å². The van der Waals surface area contributed by atoms with Crippen LogP contribution < -0.4 is 10.6 Å². The summed E-state index contributed by atoms with van der Waals surface area (Å²) in [6.45, 7) is 1.83. The van der Waals surface area contributed by atoms with Crippen molar-refractivity contribution in [2.75, 3.05) is 12.4 Å². The lowest BCUT2D eigenvalue weighted by molar-refractivity contribution is -0.119. The van der Waals surface area contributed by atoms with Crippen molar-refractivity contribution >= 4 is 17.5 Å². The number of amides is 2. The molecule has 0 spiro atoms. The van der Waals surface area contributed by atoms with Crippen molar-refractivity contribution in [2.45, 2.75) is 13.3 Å². The van der Waals surface area contributed by atoms with Crippen LogP contribution in [0.5, 0.6) is 0 Å². The minimum atomic E-state index is -0.210. The Morgan fingerprint density at radius 2 is 1.63 bits per heavy atom. The summed E-state index contributed by atoms with van der Waals surface area (Å²) in [6, 6.07) is 20.7. The average Bonchev–Trinajstić information content (AvgIpc) is 2.69. The fourth-order valence-electron chi connectivity index (χ4n) is 2.75. The lowest BCUT2D eigenvalue weighted by atomic mass is 10.1. The minimum Gasteiger partial charge on any atom is -0.359 e. The van der Waals surface area contributed by atoms with E-state index in [-0.39, 0.29) is 11.8 Å². The molecule has 0 saturated carbocycles. The van der Waals surface area contributed by atoms with E-state index < -0.39 is 0 Å². The van der Waals surface area contributed by atoms with Crippen LogP contribution in [0.3, 0.4) is 0 Å². The first-order chi connectivity index (χ1) is 13.1. The number of carbonyl (C=O) groups is 2. The van der Waals surface area contributed by atoms with Crippen molar-refractivity contribution in [3.63, 3.8) is 0 Å². The van der Waals surface area contributed by atoms with Crippen molar-refractivity contribution in [2.24, 2.45) is 0 Å². The van der Waals surface area contributed by atoms with E-state index in [1.165, 1.54) is 0 Å². The van der Waals surface area contributed by atoms with Crippen molar-refractivity contribution in [1.82, 2.24) is 10.3 Å². The predicted octanol–water partition coefficient (Wildman–Crippen LogP) is 3.60. The van der Waals surface area contributed by atoms with Crippen LogP contribution >= 0.6 is 0 Å². The van der Waals surface area contributed by atoms with E-state index in [9.17, 15) is 9.59 Å². The lowest BCUT2D eigenvalue weighted by Crippen LogP contribution is -2.20. The lowest BCUT2D eigenvalue weighted by Gasteiger charge is -2.10. The summed E-state index contributed by atoms with van der Waals surface area (Å²) in [5.41, 5.74) is 4.61. The van der Waals surface area contributed by atoms with Crippen molar-refractivity contribution in [3.05, 3.63) is 83.6 Å². The van der Waals surface area contributed by atoms with Crippen LogP contribution in [0.1, 0.15) is 21.6 Å².